The first-order chi connectivity index (χ1) is 14.1. The summed E-state index contributed by atoms with van der Waals surface area (Å²) in [5.74, 6) is 0.826. The van der Waals surface area contributed by atoms with E-state index >= 15 is 0 Å². The van der Waals surface area contributed by atoms with E-state index in [0.29, 0.717) is 6.54 Å². The normalized spacial score (nSPS) is 12.5. The molecule has 0 fully saturated rings. The molecule has 0 aliphatic carbocycles. The van der Waals surface area contributed by atoms with Gasteiger partial charge in [-0.3, -0.25) is 4.79 Å². The van der Waals surface area contributed by atoms with Crippen molar-refractivity contribution in [1.29, 1.82) is 0 Å². The number of Topliss-reactive ketones (excluding diaryl/α,β-unsaturated/α-hetero) is 1. The molecule has 0 bridgehead atoms. The van der Waals surface area contributed by atoms with Crippen LogP contribution in [0.15, 0.2) is 36.4 Å². The van der Waals surface area contributed by atoms with Crippen molar-refractivity contribution >= 4 is 22.6 Å². The first kappa shape index (κ1) is 24.7. The highest BCUT2D eigenvalue weighted by molar-refractivity contribution is 5.90. The molecular formula is C26H37NO4. The SMILES string of the molecule is COc1cc(CN(CC(C)(C)C(=O)C(C)(C)C)C(=O)OC(C)(C)C)c2ccccc2c1. The molecule has 0 saturated heterocycles. The van der Waals surface area contributed by atoms with Gasteiger partial charge in [0.25, 0.3) is 0 Å². The molecule has 170 valence electrons. The van der Waals surface area contributed by atoms with Crippen molar-refractivity contribution in [2.45, 2.75) is 67.5 Å². The van der Waals surface area contributed by atoms with Gasteiger partial charge in [-0.15, -0.1) is 0 Å². The monoisotopic (exact) mass is 427 g/mol. The number of nitrogens with zero attached hydrogens (tertiary/aromatic N) is 1. The number of ketones is 1. The Morgan fingerprint density at radius 3 is 2.10 bits per heavy atom. The van der Waals surface area contributed by atoms with Crippen LogP contribution in [0.2, 0.25) is 0 Å². The van der Waals surface area contributed by atoms with Crippen molar-refractivity contribution in [2.75, 3.05) is 13.7 Å². The molecule has 0 aliphatic rings. The van der Waals surface area contributed by atoms with Crippen molar-refractivity contribution in [3.63, 3.8) is 0 Å². The Balaban J connectivity index is 2.48. The summed E-state index contributed by atoms with van der Waals surface area (Å²) >= 11 is 0. The van der Waals surface area contributed by atoms with Crippen molar-refractivity contribution in [3.05, 3.63) is 42.0 Å². The summed E-state index contributed by atoms with van der Waals surface area (Å²) in [6, 6.07) is 11.9. The molecule has 0 aromatic heterocycles. The van der Waals surface area contributed by atoms with Crippen LogP contribution in [0.3, 0.4) is 0 Å². The fourth-order valence-corrected chi connectivity index (χ4v) is 3.89. The van der Waals surface area contributed by atoms with Crippen LogP contribution in [-0.2, 0) is 16.1 Å². The van der Waals surface area contributed by atoms with Gasteiger partial charge in [-0.1, -0.05) is 58.9 Å². The van der Waals surface area contributed by atoms with Crippen LogP contribution >= 0.6 is 0 Å². The van der Waals surface area contributed by atoms with Crippen LogP contribution in [0.1, 0.15) is 61.0 Å². The number of methoxy groups -OCH3 is 1. The second kappa shape index (κ2) is 8.89. The molecule has 0 heterocycles. The summed E-state index contributed by atoms with van der Waals surface area (Å²) in [4.78, 5) is 27.9. The molecule has 0 aliphatic heterocycles. The molecule has 0 saturated carbocycles. The maximum Gasteiger partial charge on any atom is 0.410 e. The smallest absolute Gasteiger partial charge is 0.410 e. The zero-order valence-corrected chi connectivity index (χ0v) is 20.5. The van der Waals surface area contributed by atoms with Gasteiger partial charge in [-0.2, -0.15) is 0 Å². The zero-order valence-electron chi connectivity index (χ0n) is 20.5. The standard InChI is InChI=1S/C26H37NO4/c1-24(2,3)22(28)26(7,8)17-27(23(29)31-25(4,5)6)16-19-15-20(30-9)14-18-12-10-11-13-21(18)19/h10-15H,16-17H2,1-9H3. The average molecular weight is 428 g/mol. The molecule has 1 amide bonds. The van der Waals surface area contributed by atoms with E-state index in [-0.39, 0.29) is 12.3 Å². The zero-order chi connectivity index (χ0) is 23.6. The predicted octanol–water partition coefficient (Wildman–Crippen LogP) is 6.23. The summed E-state index contributed by atoms with van der Waals surface area (Å²) in [5, 5.41) is 2.07. The molecule has 5 nitrogen and oxygen atoms in total. The van der Waals surface area contributed by atoms with Crippen LogP contribution in [0.5, 0.6) is 5.75 Å². The van der Waals surface area contributed by atoms with Gasteiger partial charge in [-0.25, -0.2) is 4.79 Å². The van der Waals surface area contributed by atoms with Gasteiger partial charge in [0.15, 0.2) is 0 Å². The summed E-state index contributed by atoms with van der Waals surface area (Å²) in [6.07, 6.45) is -0.436. The Kier molecular flexibility index (Phi) is 7.09. The van der Waals surface area contributed by atoms with Gasteiger partial charge in [0, 0.05) is 23.9 Å². The molecule has 5 heteroatoms. The second-order valence-corrected chi connectivity index (χ2v) is 10.8. The van der Waals surface area contributed by atoms with Gasteiger partial charge in [0.2, 0.25) is 0 Å². The number of hydrogen-bond donors (Lipinski definition) is 0. The number of rotatable bonds is 6. The molecule has 0 unspecified atom stereocenters. The molecule has 2 rings (SSSR count). The van der Waals surface area contributed by atoms with Gasteiger partial charge < -0.3 is 14.4 Å². The van der Waals surface area contributed by atoms with Gasteiger partial charge in [-0.05, 0) is 49.2 Å². The Bertz CT molecular complexity index is 948. The number of fused-ring (bicyclic) bond motifs is 1. The predicted molar refractivity (Wildman–Crippen MR) is 125 cm³/mol. The molecule has 2 aromatic rings. The van der Waals surface area contributed by atoms with E-state index < -0.39 is 22.5 Å². The minimum Gasteiger partial charge on any atom is -0.497 e. The van der Waals surface area contributed by atoms with Crippen molar-refractivity contribution in [2.24, 2.45) is 10.8 Å². The highest BCUT2D eigenvalue weighted by Gasteiger charge is 2.39. The molecule has 0 atom stereocenters. The first-order valence-corrected chi connectivity index (χ1v) is 10.7. The lowest BCUT2D eigenvalue weighted by Gasteiger charge is -2.36. The minimum absolute atomic E-state index is 0.101. The first-order valence-electron chi connectivity index (χ1n) is 10.7. The fourth-order valence-electron chi connectivity index (χ4n) is 3.89. The van der Waals surface area contributed by atoms with E-state index in [4.69, 9.17) is 9.47 Å². The van der Waals surface area contributed by atoms with E-state index in [1.54, 1.807) is 12.0 Å². The molecular weight excluding hydrogens is 390 g/mol. The Morgan fingerprint density at radius 1 is 0.935 bits per heavy atom. The maximum atomic E-state index is 13.2. The van der Waals surface area contributed by atoms with Crippen molar-refractivity contribution in [1.82, 2.24) is 4.90 Å². The van der Waals surface area contributed by atoms with Crippen molar-refractivity contribution < 1.29 is 19.1 Å². The Morgan fingerprint density at radius 2 is 1.55 bits per heavy atom. The van der Waals surface area contributed by atoms with E-state index in [0.717, 1.165) is 22.1 Å². The number of benzene rings is 2. The molecule has 0 spiro atoms. The summed E-state index contributed by atoms with van der Waals surface area (Å²) in [5.41, 5.74) is -0.931. The highest BCUT2D eigenvalue weighted by atomic mass is 16.6. The lowest BCUT2D eigenvalue weighted by atomic mass is 9.74. The third kappa shape index (κ3) is 6.46. The second-order valence-electron chi connectivity index (χ2n) is 10.8. The number of amides is 1. The number of carbonyl (C=O) groups excluding carboxylic acids is 2. The van der Waals surface area contributed by atoms with E-state index in [2.05, 4.69) is 0 Å². The third-order valence-corrected chi connectivity index (χ3v) is 5.05. The molecule has 0 N–H and O–H groups in total. The minimum atomic E-state index is -0.732. The molecule has 31 heavy (non-hydrogen) atoms. The van der Waals surface area contributed by atoms with E-state index in [9.17, 15) is 9.59 Å². The lowest BCUT2D eigenvalue weighted by Crippen LogP contribution is -2.47. The summed E-state index contributed by atoms with van der Waals surface area (Å²) in [7, 11) is 1.63. The summed E-state index contributed by atoms with van der Waals surface area (Å²) < 4.78 is 11.2. The Hall–Kier alpha value is -2.56. The lowest BCUT2D eigenvalue weighted by molar-refractivity contribution is -0.135. The topological polar surface area (TPSA) is 55.8 Å². The van der Waals surface area contributed by atoms with Gasteiger partial charge in [0.1, 0.15) is 17.1 Å². The Labute approximate surface area is 186 Å². The number of ether oxygens (including phenoxy) is 2. The highest BCUT2D eigenvalue weighted by Crippen LogP contribution is 2.32. The molecule has 2 aromatic carbocycles. The van der Waals surface area contributed by atoms with Crippen LogP contribution in [-0.4, -0.2) is 36.0 Å². The number of carbonyl (C=O) groups is 2. The maximum absolute atomic E-state index is 13.2. The molecule has 0 radical (unpaired) electrons. The largest absolute Gasteiger partial charge is 0.497 e. The van der Waals surface area contributed by atoms with Gasteiger partial charge in [0.05, 0.1) is 7.11 Å². The fraction of sp³-hybridized carbons (Fsp3) is 0.538. The van der Waals surface area contributed by atoms with Crippen LogP contribution in [0.25, 0.3) is 10.8 Å². The average Bonchev–Trinajstić information content (AvgIpc) is 2.64. The number of hydrogen-bond acceptors (Lipinski definition) is 4. The van der Waals surface area contributed by atoms with Gasteiger partial charge >= 0.3 is 6.09 Å². The summed E-state index contributed by atoms with van der Waals surface area (Å²) in [6.45, 7) is 15.6. The van der Waals surface area contributed by atoms with Crippen LogP contribution in [0.4, 0.5) is 4.79 Å². The van der Waals surface area contributed by atoms with E-state index in [1.807, 2.05) is 91.8 Å². The van der Waals surface area contributed by atoms with E-state index in [1.165, 1.54) is 0 Å². The van der Waals surface area contributed by atoms with Crippen LogP contribution < -0.4 is 4.74 Å². The third-order valence-electron chi connectivity index (χ3n) is 5.05. The van der Waals surface area contributed by atoms with Crippen molar-refractivity contribution in [3.8, 4) is 5.75 Å². The quantitative estimate of drug-likeness (QED) is 0.548. The van der Waals surface area contributed by atoms with Crippen LogP contribution in [0, 0.1) is 10.8 Å².